The van der Waals surface area contributed by atoms with Gasteiger partial charge in [0.1, 0.15) is 5.01 Å². The topological polar surface area (TPSA) is 12.9 Å². The van der Waals surface area contributed by atoms with E-state index in [-0.39, 0.29) is 5.41 Å². The van der Waals surface area contributed by atoms with E-state index in [0.29, 0.717) is 0 Å². The van der Waals surface area contributed by atoms with Crippen LogP contribution in [0.15, 0.2) is 35.8 Å². The zero-order valence-electron chi connectivity index (χ0n) is 10.0. The lowest BCUT2D eigenvalue weighted by molar-refractivity contribution is 0.506. The van der Waals surface area contributed by atoms with Crippen molar-refractivity contribution in [2.45, 2.75) is 32.6 Å². The van der Waals surface area contributed by atoms with Crippen LogP contribution in [-0.4, -0.2) is 4.98 Å². The minimum atomic E-state index is 0.265. The molecule has 0 aliphatic heterocycles. The molecule has 1 aromatic heterocycles. The molecule has 84 valence electrons. The molecule has 0 aliphatic carbocycles. The molecule has 0 bridgehead atoms. The van der Waals surface area contributed by atoms with Crippen molar-refractivity contribution >= 4 is 11.3 Å². The van der Waals surface area contributed by atoms with Crippen LogP contribution in [0.3, 0.4) is 0 Å². The predicted molar refractivity (Wildman–Crippen MR) is 70.9 cm³/mol. The first-order valence-corrected chi connectivity index (χ1v) is 6.52. The van der Waals surface area contributed by atoms with Crippen molar-refractivity contribution < 1.29 is 0 Å². The van der Waals surface area contributed by atoms with E-state index in [1.54, 1.807) is 11.3 Å². The number of benzene rings is 1. The first kappa shape index (κ1) is 11.3. The molecule has 2 rings (SSSR count). The van der Waals surface area contributed by atoms with Crippen LogP contribution in [0.25, 0.3) is 10.6 Å². The number of aromatic nitrogens is 1. The molecule has 1 aromatic carbocycles. The van der Waals surface area contributed by atoms with E-state index in [1.807, 2.05) is 11.6 Å². The quantitative estimate of drug-likeness (QED) is 0.758. The Morgan fingerprint density at radius 1 is 1.19 bits per heavy atom. The van der Waals surface area contributed by atoms with Crippen LogP contribution in [0.5, 0.6) is 0 Å². The van der Waals surface area contributed by atoms with Gasteiger partial charge in [-0.05, 0) is 17.4 Å². The Bertz CT molecular complexity index is 440. The number of nitrogens with zero attached hydrogens (tertiary/aromatic N) is 1. The molecule has 0 saturated carbocycles. The van der Waals surface area contributed by atoms with Crippen molar-refractivity contribution in [1.29, 1.82) is 0 Å². The molecule has 1 heterocycles. The van der Waals surface area contributed by atoms with E-state index in [0.717, 1.165) is 11.4 Å². The second kappa shape index (κ2) is 4.38. The normalized spacial score (nSPS) is 11.7. The summed E-state index contributed by atoms with van der Waals surface area (Å²) in [6.45, 7) is 6.80. The summed E-state index contributed by atoms with van der Waals surface area (Å²) in [5.74, 6) is 0. The lowest BCUT2D eigenvalue weighted by Gasteiger charge is -2.23. The summed E-state index contributed by atoms with van der Waals surface area (Å²) < 4.78 is 0. The third-order valence-corrected chi connectivity index (χ3v) is 4.05. The maximum absolute atomic E-state index is 4.32. The first-order valence-electron chi connectivity index (χ1n) is 5.64. The van der Waals surface area contributed by atoms with Crippen LogP contribution in [0, 0.1) is 0 Å². The monoisotopic (exact) mass is 231 g/mol. The van der Waals surface area contributed by atoms with Crippen molar-refractivity contribution in [2.75, 3.05) is 0 Å². The highest BCUT2D eigenvalue weighted by atomic mass is 32.1. The molecule has 1 nitrogen and oxygen atoms in total. The van der Waals surface area contributed by atoms with Crippen molar-refractivity contribution in [1.82, 2.24) is 4.98 Å². The number of hydrogen-bond acceptors (Lipinski definition) is 2. The van der Waals surface area contributed by atoms with Crippen LogP contribution < -0.4 is 0 Å². The molecule has 0 fully saturated rings. The van der Waals surface area contributed by atoms with Gasteiger partial charge in [0.25, 0.3) is 0 Å². The summed E-state index contributed by atoms with van der Waals surface area (Å²) in [7, 11) is 0. The highest BCUT2D eigenvalue weighted by Gasteiger charge is 2.17. The number of rotatable bonds is 3. The van der Waals surface area contributed by atoms with Crippen LogP contribution in [0.1, 0.15) is 32.8 Å². The van der Waals surface area contributed by atoms with E-state index in [4.69, 9.17) is 0 Å². The van der Waals surface area contributed by atoms with Gasteiger partial charge in [-0.25, -0.2) is 4.98 Å². The minimum absolute atomic E-state index is 0.265. The van der Waals surface area contributed by atoms with Gasteiger partial charge in [-0.1, -0.05) is 45.0 Å². The second-order valence-electron chi connectivity index (χ2n) is 4.65. The van der Waals surface area contributed by atoms with Gasteiger partial charge in [0.2, 0.25) is 0 Å². The SMILES string of the molecule is CCC(C)(C)c1ccc(-c2nccs2)cc1. The van der Waals surface area contributed by atoms with Gasteiger partial charge in [0.05, 0.1) is 0 Å². The van der Waals surface area contributed by atoms with E-state index in [2.05, 4.69) is 50.0 Å². The molecule has 2 aromatic rings. The molecule has 0 radical (unpaired) electrons. The van der Waals surface area contributed by atoms with Gasteiger partial charge in [-0.15, -0.1) is 11.3 Å². The summed E-state index contributed by atoms with van der Waals surface area (Å²) >= 11 is 1.68. The van der Waals surface area contributed by atoms with Gasteiger partial charge in [0.15, 0.2) is 0 Å². The minimum Gasteiger partial charge on any atom is -0.245 e. The zero-order chi connectivity index (χ0) is 11.6. The first-order chi connectivity index (χ1) is 7.63. The summed E-state index contributed by atoms with van der Waals surface area (Å²) in [5, 5.41) is 3.11. The summed E-state index contributed by atoms with van der Waals surface area (Å²) in [4.78, 5) is 4.32. The Balaban J connectivity index is 2.30. The fourth-order valence-electron chi connectivity index (χ4n) is 1.63. The fraction of sp³-hybridized carbons (Fsp3) is 0.357. The van der Waals surface area contributed by atoms with Crippen LogP contribution in [-0.2, 0) is 5.41 Å². The molecule has 0 N–H and O–H groups in total. The van der Waals surface area contributed by atoms with Crippen molar-refractivity contribution in [3.63, 3.8) is 0 Å². The number of hydrogen-bond donors (Lipinski definition) is 0. The van der Waals surface area contributed by atoms with Crippen LogP contribution in [0.2, 0.25) is 0 Å². The second-order valence-corrected chi connectivity index (χ2v) is 5.55. The van der Waals surface area contributed by atoms with Crippen molar-refractivity contribution in [3.8, 4) is 10.6 Å². The average molecular weight is 231 g/mol. The van der Waals surface area contributed by atoms with E-state index >= 15 is 0 Å². The van der Waals surface area contributed by atoms with Gasteiger partial charge < -0.3 is 0 Å². The summed E-state index contributed by atoms with van der Waals surface area (Å²) in [6.07, 6.45) is 3.01. The molecule has 0 atom stereocenters. The third kappa shape index (κ3) is 2.17. The van der Waals surface area contributed by atoms with Gasteiger partial charge in [-0.2, -0.15) is 0 Å². The highest BCUT2D eigenvalue weighted by molar-refractivity contribution is 7.13. The molecule has 0 spiro atoms. The molecule has 0 aliphatic rings. The Morgan fingerprint density at radius 3 is 2.38 bits per heavy atom. The van der Waals surface area contributed by atoms with E-state index < -0.39 is 0 Å². The maximum atomic E-state index is 4.32. The third-order valence-electron chi connectivity index (χ3n) is 3.23. The predicted octanol–water partition coefficient (Wildman–Crippen LogP) is 4.50. The van der Waals surface area contributed by atoms with Crippen molar-refractivity contribution in [3.05, 3.63) is 41.4 Å². The molecule has 2 heteroatoms. The molecule has 0 saturated heterocycles. The van der Waals surface area contributed by atoms with Gasteiger partial charge in [0, 0.05) is 17.1 Å². The van der Waals surface area contributed by atoms with E-state index in [1.165, 1.54) is 11.1 Å². The Labute approximate surface area is 101 Å². The summed E-state index contributed by atoms with van der Waals surface area (Å²) in [5.41, 5.74) is 2.88. The van der Waals surface area contributed by atoms with Crippen LogP contribution in [0.4, 0.5) is 0 Å². The van der Waals surface area contributed by atoms with Crippen molar-refractivity contribution in [2.24, 2.45) is 0 Å². The lowest BCUT2D eigenvalue weighted by Crippen LogP contribution is -2.14. The zero-order valence-corrected chi connectivity index (χ0v) is 10.8. The smallest absolute Gasteiger partial charge is 0.123 e. The lowest BCUT2D eigenvalue weighted by atomic mass is 9.82. The molecule has 16 heavy (non-hydrogen) atoms. The molecule has 0 unspecified atom stereocenters. The standard InChI is InChI=1S/C14H17NS/c1-4-14(2,3)12-7-5-11(6-8-12)13-15-9-10-16-13/h5-10H,4H2,1-3H3. The molecule has 0 amide bonds. The van der Waals surface area contributed by atoms with Gasteiger partial charge in [-0.3, -0.25) is 0 Å². The fourth-order valence-corrected chi connectivity index (χ4v) is 2.28. The Hall–Kier alpha value is -1.15. The van der Waals surface area contributed by atoms with Crippen LogP contribution >= 0.6 is 11.3 Å². The maximum Gasteiger partial charge on any atom is 0.123 e. The van der Waals surface area contributed by atoms with Gasteiger partial charge >= 0.3 is 0 Å². The largest absolute Gasteiger partial charge is 0.245 e. The molecular formula is C14H17NS. The Kier molecular flexibility index (Phi) is 3.10. The highest BCUT2D eigenvalue weighted by Crippen LogP contribution is 2.29. The Morgan fingerprint density at radius 2 is 1.88 bits per heavy atom. The number of thiazole rings is 1. The average Bonchev–Trinajstić information content (AvgIpc) is 2.83. The summed E-state index contributed by atoms with van der Waals surface area (Å²) in [6, 6.07) is 8.79. The van der Waals surface area contributed by atoms with E-state index in [9.17, 15) is 0 Å². The molecular weight excluding hydrogens is 214 g/mol.